The van der Waals surface area contributed by atoms with Crippen molar-refractivity contribution in [3.8, 4) is 0 Å². The number of nitrogens with zero attached hydrogens (tertiary/aromatic N) is 2. The highest BCUT2D eigenvalue weighted by Crippen LogP contribution is 2.27. The highest BCUT2D eigenvalue weighted by atomic mass is 35.5. The zero-order chi connectivity index (χ0) is 19.4. The highest BCUT2D eigenvalue weighted by molar-refractivity contribution is 6.31. The van der Waals surface area contributed by atoms with E-state index >= 15 is 0 Å². The van der Waals surface area contributed by atoms with E-state index in [-0.39, 0.29) is 17.8 Å². The van der Waals surface area contributed by atoms with Crippen LogP contribution in [0.25, 0.3) is 0 Å². The van der Waals surface area contributed by atoms with Gasteiger partial charge in [0, 0.05) is 41.9 Å². The lowest BCUT2D eigenvalue weighted by atomic mass is 10.00. The molecule has 1 aliphatic heterocycles. The van der Waals surface area contributed by atoms with Crippen LogP contribution in [0.2, 0.25) is 5.02 Å². The molecule has 1 fully saturated rings. The standard InChI is InChI=1S/C22H26ClFN2O/c1-16(2)15-25-12-10-21(11-13-25)26(20-8-6-19(24)7-9-20)22(27)17-4-3-5-18(23)14-17/h3-9,14,16,21H,10-13,15H2,1-2H3. The Hall–Kier alpha value is -1.91. The number of rotatable bonds is 5. The van der Waals surface area contributed by atoms with Crippen LogP contribution in [-0.4, -0.2) is 36.5 Å². The summed E-state index contributed by atoms with van der Waals surface area (Å²) in [6, 6.07) is 13.3. The predicted molar refractivity (Wildman–Crippen MR) is 109 cm³/mol. The third kappa shape index (κ3) is 5.08. The van der Waals surface area contributed by atoms with Crippen LogP contribution in [0.15, 0.2) is 48.5 Å². The van der Waals surface area contributed by atoms with Crippen LogP contribution in [-0.2, 0) is 0 Å². The second-order valence-corrected chi connectivity index (χ2v) is 8.02. The van der Waals surface area contributed by atoms with Crippen LogP contribution in [0.5, 0.6) is 0 Å². The average molecular weight is 389 g/mol. The van der Waals surface area contributed by atoms with Crippen LogP contribution in [0, 0.1) is 11.7 Å². The summed E-state index contributed by atoms with van der Waals surface area (Å²) in [7, 11) is 0. The number of amides is 1. The Labute approximate surface area is 165 Å². The molecule has 1 amide bonds. The van der Waals surface area contributed by atoms with Crippen molar-refractivity contribution in [2.45, 2.75) is 32.7 Å². The first kappa shape index (κ1) is 19.8. The van der Waals surface area contributed by atoms with Crippen LogP contribution in [0.4, 0.5) is 10.1 Å². The number of hydrogen-bond acceptors (Lipinski definition) is 2. The molecule has 0 aliphatic carbocycles. The van der Waals surface area contributed by atoms with Gasteiger partial charge in [-0.05, 0) is 61.2 Å². The van der Waals surface area contributed by atoms with Crippen molar-refractivity contribution in [1.82, 2.24) is 4.90 Å². The van der Waals surface area contributed by atoms with E-state index in [2.05, 4.69) is 18.7 Å². The minimum atomic E-state index is -0.305. The molecule has 0 radical (unpaired) electrons. The summed E-state index contributed by atoms with van der Waals surface area (Å²) in [5.41, 5.74) is 1.28. The minimum Gasteiger partial charge on any atom is -0.305 e. The second kappa shape index (κ2) is 8.85. The number of carbonyl (C=O) groups is 1. The molecule has 144 valence electrons. The van der Waals surface area contributed by atoms with Crippen molar-refractivity contribution in [3.63, 3.8) is 0 Å². The Bertz CT molecular complexity index is 770. The van der Waals surface area contributed by atoms with E-state index in [4.69, 9.17) is 11.6 Å². The van der Waals surface area contributed by atoms with E-state index in [1.807, 2.05) is 4.90 Å². The van der Waals surface area contributed by atoms with E-state index in [0.717, 1.165) is 38.2 Å². The summed E-state index contributed by atoms with van der Waals surface area (Å²) in [6.07, 6.45) is 1.80. The largest absolute Gasteiger partial charge is 0.305 e. The zero-order valence-corrected chi connectivity index (χ0v) is 16.6. The molecule has 3 nitrogen and oxygen atoms in total. The summed E-state index contributed by atoms with van der Waals surface area (Å²) in [6.45, 7) is 7.44. The molecule has 1 aliphatic rings. The van der Waals surface area contributed by atoms with E-state index in [9.17, 15) is 9.18 Å². The summed E-state index contributed by atoms with van der Waals surface area (Å²) in [5.74, 6) is 0.231. The summed E-state index contributed by atoms with van der Waals surface area (Å²) in [4.78, 5) is 17.6. The van der Waals surface area contributed by atoms with E-state index in [1.165, 1.54) is 12.1 Å². The number of piperidine rings is 1. The quantitative estimate of drug-likeness (QED) is 0.698. The number of carbonyl (C=O) groups excluding carboxylic acids is 1. The maximum absolute atomic E-state index is 13.4. The number of benzene rings is 2. The maximum atomic E-state index is 13.4. The van der Waals surface area contributed by atoms with Crippen LogP contribution >= 0.6 is 11.6 Å². The lowest BCUT2D eigenvalue weighted by Gasteiger charge is -2.39. The Morgan fingerprint density at radius 1 is 1.19 bits per heavy atom. The normalized spacial score (nSPS) is 15.9. The fraction of sp³-hybridized carbons (Fsp3) is 0.409. The fourth-order valence-corrected chi connectivity index (χ4v) is 3.92. The summed E-state index contributed by atoms with van der Waals surface area (Å²) >= 11 is 6.09. The lowest BCUT2D eigenvalue weighted by Crippen LogP contribution is -2.48. The molecule has 2 aromatic rings. The van der Waals surface area contributed by atoms with Crippen molar-refractivity contribution >= 4 is 23.2 Å². The van der Waals surface area contributed by atoms with Gasteiger partial charge >= 0.3 is 0 Å². The molecule has 0 unspecified atom stereocenters. The van der Waals surface area contributed by atoms with Crippen LogP contribution in [0.1, 0.15) is 37.0 Å². The van der Waals surface area contributed by atoms with Crippen molar-refractivity contribution in [1.29, 1.82) is 0 Å². The number of anilines is 1. The van der Waals surface area contributed by atoms with Crippen molar-refractivity contribution < 1.29 is 9.18 Å². The minimum absolute atomic E-state index is 0.0883. The van der Waals surface area contributed by atoms with Gasteiger partial charge in [0.05, 0.1) is 0 Å². The summed E-state index contributed by atoms with van der Waals surface area (Å²) in [5, 5.41) is 0.534. The van der Waals surface area contributed by atoms with Gasteiger partial charge in [0.1, 0.15) is 5.82 Å². The first-order chi connectivity index (χ1) is 12.9. The number of hydrogen-bond donors (Lipinski definition) is 0. The molecule has 0 bridgehead atoms. The van der Waals surface area contributed by atoms with E-state index < -0.39 is 0 Å². The van der Waals surface area contributed by atoms with Gasteiger partial charge in [-0.15, -0.1) is 0 Å². The van der Waals surface area contributed by atoms with Gasteiger partial charge in [0.2, 0.25) is 0 Å². The Morgan fingerprint density at radius 3 is 2.44 bits per heavy atom. The lowest BCUT2D eigenvalue weighted by molar-refractivity contribution is 0.0957. The van der Waals surface area contributed by atoms with Gasteiger partial charge in [0.25, 0.3) is 5.91 Å². The van der Waals surface area contributed by atoms with Crippen molar-refractivity contribution in [3.05, 3.63) is 64.9 Å². The number of likely N-dealkylation sites (tertiary alicyclic amines) is 1. The van der Waals surface area contributed by atoms with E-state index in [0.29, 0.717) is 16.5 Å². The van der Waals surface area contributed by atoms with Crippen LogP contribution < -0.4 is 4.90 Å². The summed E-state index contributed by atoms with van der Waals surface area (Å²) < 4.78 is 13.4. The molecular formula is C22H26ClFN2O. The van der Waals surface area contributed by atoms with E-state index in [1.54, 1.807) is 36.4 Å². The van der Waals surface area contributed by atoms with Gasteiger partial charge in [0.15, 0.2) is 0 Å². The molecular weight excluding hydrogens is 363 g/mol. The molecule has 1 saturated heterocycles. The smallest absolute Gasteiger partial charge is 0.258 e. The molecule has 0 N–H and O–H groups in total. The van der Waals surface area contributed by atoms with Gasteiger partial charge < -0.3 is 9.80 Å². The molecule has 1 heterocycles. The molecule has 5 heteroatoms. The van der Waals surface area contributed by atoms with Gasteiger partial charge in [-0.3, -0.25) is 4.79 Å². The molecule has 0 atom stereocenters. The zero-order valence-electron chi connectivity index (χ0n) is 15.9. The maximum Gasteiger partial charge on any atom is 0.258 e. The molecule has 27 heavy (non-hydrogen) atoms. The van der Waals surface area contributed by atoms with Gasteiger partial charge in [-0.25, -0.2) is 4.39 Å². The first-order valence-electron chi connectivity index (χ1n) is 9.51. The van der Waals surface area contributed by atoms with Crippen molar-refractivity contribution in [2.24, 2.45) is 5.92 Å². The van der Waals surface area contributed by atoms with Gasteiger partial charge in [-0.1, -0.05) is 31.5 Å². The molecule has 2 aromatic carbocycles. The first-order valence-corrected chi connectivity index (χ1v) is 9.89. The third-order valence-electron chi connectivity index (χ3n) is 4.94. The average Bonchev–Trinajstić information content (AvgIpc) is 2.64. The fourth-order valence-electron chi connectivity index (χ4n) is 3.73. The molecule has 0 saturated carbocycles. The SMILES string of the molecule is CC(C)CN1CCC(N(C(=O)c2cccc(Cl)c2)c2ccc(F)cc2)CC1. The Balaban J connectivity index is 1.85. The monoisotopic (exact) mass is 388 g/mol. The van der Waals surface area contributed by atoms with Crippen molar-refractivity contribution in [2.75, 3.05) is 24.5 Å². The Kier molecular flexibility index (Phi) is 6.51. The van der Waals surface area contributed by atoms with Gasteiger partial charge in [-0.2, -0.15) is 0 Å². The molecule has 0 aromatic heterocycles. The second-order valence-electron chi connectivity index (χ2n) is 7.59. The highest BCUT2D eigenvalue weighted by Gasteiger charge is 2.30. The molecule has 3 rings (SSSR count). The third-order valence-corrected chi connectivity index (χ3v) is 5.18. The Morgan fingerprint density at radius 2 is 1.85 bits per heavy atom. The number of halogens is 2. The molecule has 0 spiro atoms. The van der Waals surface area contributed by atoms with Crippen LogP contribution in [0.3, 0.4) is 0 Å². The predicted octanol–water partition coefficient (Wildman–Crippen LogP) is 5.25. The topological polar surface area (TPSA) is 23.6 Å².